The molecule has 1 aromatic heterocycles. The highest BCUT2D eigenvalue weighted by atomic mass is 32.2. The molecule has 0 aliphatic carbocycles. The average Bonchev–Trinajstić information content (AvgIpc) is 2.67. The highest BCUT2D eigenvalue weighted by molar-refractivity contribution is 7.91. The summed E-state index contributed by atoms with van der Waals surface area (Å²) in [6.45, 7) is 3.74. The minimum Gasteiger partial charge on any atom is -0.591 e. The molecule has 0 aromatic carbocycles. The second-order valence-electron chi connectivity index (χ2n) is 4.09. The van der Waals surface area contributed by atoms with Gasteiger partial charge in [-0.1, -0.05) is 16.4 Å². The van der Waals surface area contributed by atoms with Crippen LogP contribution in [-0.4, -0.2) is 20.5 Å². The average molecular weight is 258 g/mol. The van der Waals surface area contributed by atoms with Gasteiger partial charge in [-0.15, -0.1) is 5.92 Å². The maximum atomic E-state index is 11.4. The van der Waals surface area contributed by atoms with Gasteiger partial charge in [0, 0.05) is 24.4 Å². The van der Waals surface area contributed by atoms with Crippen molar-refractivity contribution in [2.45, 2.75) is 25.5 Å². The van der Waals surface area contributed by atoms with Gasteiger partial charge in [0.05, 0.1) is 17.1 Å². The zero-order valence-corrected chi connectivity index (χ0v) is 11.2. The summed E-state index contributed by atoms with van der Waals surface area (Å²) in [4.78, 5) is 4.12. The molecule has 1 aromatic rings. The highest BCUT2D eigenvalue weighted by Crippen LogP contribution is 2.18. The Bertz CT molecular complexity index is 554. The Hall–Kier alpha value is -1.57. The number of rotatable bonds is 2. The molecule has 2 atom stereocenters. The summed E-state index contributed by atoms with van der Waals surface area (Å²) in [5, 5.41) is 0.125. The van der Waals surface area contributed by atoms with E-state index in [0.29, 0.717) is 0 Å². The number of allylic oxidation sites excluding steroid dienone is 1. The fourth-order valence-corrected chi connectivity index (χ4v) is 2.52. The molecule has 18 heavy (non-hydrogen) atoms. The summed E-state index contributed by atoms with van der Waals surface area (Å²) in [6.07, 6.45) is 8.11. The van der Waals surface area contributed by atoms with Crippen LogP contribution < -0.4 is 0 Å². The SMILES string of the molecule is CC#Cc1cncc(/C=C/C2=N[S@+]([O-])C(C)C2)c1. The molecular weight excluding hydrogens is 244 g/mol. The standard InChI is InChI=1S/C14H14N2OS/c1-3-4-12-8-13(10-15-9-12)5-6-14-7-11(2)18(17)16-14/h5-6,8-11H,7H2,1-2H3/b6-5+/t11?,18-/m1/s1. The van der Waals surface area contributed by atoms with Gasteiger partial charge < -0.3 is 4.55 Å². The second-order valence-corrected chi connectivity index (χ2v) is 5.63. The maximum Gasteiger partial charge on any atom is 0.146 e. The van der Waals surface area contributed by atoms with Crippen LogP contribution in [0.1, 0.15) is 31.4 Å². The topological polar surface area (TPSA) is 48.3 Å². The minimum absolute atomic E-state index is 0.125. The molecule has 0 spiro atoms. The van der Waals surface area contributed by atoms with Crippen LogP contribution in [0.2, 0.25) is 0 Å². The Balaban J connectivity index is 2.11. The zero-order valence-electron chi connectivity index (χ0n) is 10.4. The van der Waals surface area contributed by atoms with E-state index in [1.54, 1.807) is 19.3 Å². The Labute approximate surface area is 110 Å². The Kier molecular flexibility index (Phi) is 4.19. The molecule has 0 amide bonds. The van der Waals surface area contributed by atoms with Crippen molar-refractivity contribution in [3.05, 3.63) is 35.7 Å². The molecule has 0 saturated heterocycles. The summed E-state index contributed by atoms with van der Waals surface area (Å²) in [7, 11) is 0. The summed E-state index contributed by atoms with van der Waals surface area (Å²) < 4.78 is 15.5. The van der Waals surface area contributed by atoms with E-state index in [4.69, 9.17) is 0 Å². The van der Waals surface area contributed by atoms with Crippen LogP contribution in [0.15, 0.2) is 28.9 Å². The van der Waals surface area contributed by atoms with E-state index in [1.165, 1.54) is 0 Å². The number of aromatic nitrogens is 1. The molecule has 92 valence electrons. The van der Waals surface area contributed by atoms with Crippen molar-refractivity contribution in [3.63, 3.8) is 0 Å². The first-order valence-corrected chi connectivity index (χ1v) is 6.90. The van der Waals surface area contributed by atoms with Crippen LogP contribution in [0.3, 0.4) is 0 Å². The molecule has 2 rings (SSSR count). The lowest BCUT2D eigenvalue weighted by Gasteiger charge is -2.00. The van der Waals surface area contributed by atoms with E-state index in [0.717, 1.165) is 23.3 Å². The lowest BCUT2D eigenvalue weighted by Crippen LogP contribution is -2.08. The third kappa shape index (κ3) is 3.22. The minimum atomic E-state index is -1.06. The molecule has 0 radical (unpaired) electrons. The van der Waals surface area contributed by atoms with E-state index in [-0.39, 0.29) is 5.25 Å². The first-order chi connectivity index (χ1) is 8.69. The first-order valence-electron chi connectivity index (χ1n) is 5.73. The number of pyridine rings is 1. The van der Waals surface area contributed by atoms with Crippen molar-refractivity contribution >= 4 is 23.1 Å². The van der Waals surface area contributed by atoms with Gasteiger partial charge in [0.2, 0.25) is 0 Å². The monoisotopic (exact) mass is 258 g/mol. The van der Waals surface area contributed by atoms with Gasteiger partial charge in [-0.3, -0.25) is 4.98 Å². The normalized spacial score (nSPS) is 22.7. The molecule has 0 fully saturated rings. The molecule has 2 heterocycles. The third-order valence-electron chi connectivity index (χ3n) is 2.54. The lowest BCUT2D eigenvalue weighted by atomic mass is 10.1. The van der Waals surface area contributed by atoms with Crippen LogP contribution in [0.5, 0.6) is 0 Å². The highest BCUT2D eigenvalue weighted by Gasteiger charge is 2.26. The zero-order chi connectivity index (χ0) is 13.0. The Morgan fingerprint density at radius 3 is 2.94 bits per heavy atom. The largest absolute Gasteiger partial charge is 0.591 e. The third-order valence-corrected chi connectivity index (χ3v) is 3.81. The van der Waals surface area contributed by atoms with Gasteiger partial charge in [0.15, 0.2) is 0 Å². The quantitative estimate of drug-likeness (QED) is 0.604. The summed E-state index contributed by atoms with van der Waals surface area (Å²) in [5.74, 6) is 5.81. The van der Waals surface area contributed by atoms with Crippen LogP contribution in [0.25, 0.3) is 6.08 Å². The van der Waals surface area contributed by atoms with Gasteiger partial charge in [-0.25, -0.2) is 0 Å². The lowest BCUT2D eigenvalue weighted by molar-refractivity contribution is 0.590. The second kappa shape index (κ2) is 5.85. The predicted molar refractivity (Wildman–Crippen MR) is 75.5 cm³/mol. The Morgan fingerprint density at radius 1 is 1.44 bits per heavy atom. The van der Waals surface area contributed by atoms with Gasteiger partial charge in [-0.05, 0) is 31.6 Å². The molecule has 1 aliphatic heterocycles. The number of hydrogen-bond acceptors (Lipinski definition) is 3. The summed E-state index contributed by atoms with van der Waals surface area (Å²) in [6, 6.07) is 1.97. The molecule has 3 nitrogen and oxygen atoms in total. The molecule has 0 bridgehead atoms. The maximum absolute atomic E-state index is 11.4. The van der Waals surface area contributed by atoms with Crippen molar-refractivity contribution in [3.8, 4) is 11.8 Å². The van der Waals surface area contributed by atoms with Gasteiger partial charge >= 0.3 is 0 Å². The van der Waals surface area contributed by atoms with Crippen LogP contribution in [-0.2, 0) is 11.4 Å². The van der Waals surface area contributed by atoms with Gasteiger partial charge in [-0.2, -0.15) is 0 Å². The smallest absolute Gasteiger partial charge is 0.146 e. The van der Waals surface area contributed by atoms with Crippen molar-refractivity contribution < 1.29 is 4.55 Å². The van der Waals surface area contributed by atoms with Crippen LogP contribution in [0.4, 0.5) is 0 Å². The molecular formula is C14H14N2OS. The van der Waals surface area contributed by atoms with E-state index in [2.05, 4.69) is 21.2 Å². The van der Waals surface area contributed by atoms with E-state index >= 15 is 0 Å². The van der Waals surface area contributed by atoms with Crippen molar-refractivity contribution in [1.29, 1.82) is 0 Å². The number of hydrogen-bond donors (Lipinski definition) is 0. The summed E-state index contributed by atoms with van der Waals surface area (Å²) in [5.41, 5.74) is 2.75. The van der Waals surface area contributed by atoms with Crippen molar-refractivity contribution in [1.82, 2.24) is 4.98 Å². The molecule has 1 aliphatic rings. The number of nitrogens with zero attached hydrogens (tertiary/aromatic N) is 2. The fourth-order valence-electron chi connectivity index (χ4n) is 1.66. The summed E-state index contributed by atoms with van der Waals surface area (Å²) >= 11 is -1.06. The molecule has 4 heteroatoms. The van der Waals surface area contributed by atoms with E-state index in [9.17, 15) is 4.55 Å². The fraction of sp³-hybridized carbons (Fsp3) is 0.286. The van der Waals surface area contributed by atoms with E-state index in [1.807, 2.05) is 25.1 Å². The Morgan fingerprint density at radius 2 is 2.28 bits per heavy atom. The van der Waals surface area contributed by atoms with Crippen LogP contribution >= 0.6 is 0 Å². The van der Waals surface area contributed by atoms with E-state index < -0.39 is 11.4 Å². The molecule has 1 unspecified atom stereocenters. The van der Waals surface area contributed by atoms with Crippen LogP contribution in [0, 0.1) is 11.8 Å². The molecule has 0 N–H and O–H groups in total. The first kappa shape index (κ1) is 12.9. The van der Waals surface area contributed by atoms with Gasteiger partial charge in [0.1, 0.15) is 5.25 Å². The molecule has 0 saturated carbocycles. The van der Waals surface area contributed by atoms with Crippen molar-refractivity contribution in [2.24, 2.45) is 4.40 Å². The van der Waals surface area contributed by atoms with Gasteiger partial charge in [0.25, 0.3) is 0 Å². The van der Waals surface area contributed by atoms with Crippen molar-refractivity contribution in [2.75, 3.05) is 0 Å². The predicted octanol–water partition coefficient (Wildman–Crippen LogP) is 2.36.